The Morgan fingerprint density at radius 1 is 1.25 bits per heavy atom. The van der Waals surface area contributed by atoms with Gasteiger partial charge in [0.05, 0.1) is 5.94 Å². The Morgan fingerprint density at radius 3 is 2.29 bits per heavy atom. The van der Waals surface area contributed by atoms with E-state index in [0.717, 1.165) is 0 Å². The summed E-state index contributed by atoms with van der Waals surface area (Å²) in [4.78, 5) is 24.8. The van der Waals surface area contributed by atoms with Gasteiger partial charge in [0.1, 0.15) is 5.54 Å². The molecule has 1 fully saturated rings. The molecular formula is C16H22BClN2O4. The zero-order valence-corrected chi connectivity index (χ0v) is 14.5. The smallest absolute Gasteiger partial charge is 0.426 e. The lowest BCUT2D eigenvalue weighted by atomic mass is 9.75. The van der Waals surface area contributed by atoms with Gasteiger partial charge in [0.2, 0.25) is 5.91 Å². The first-order valence-electron chi connectivity index (χ1n) is 7.99. The Labute approximate surface area is 146 Å². The highest BCUT2D eigenvalue weighted by molar-refractivity contribution is 6.43. The third kappa shape index (κ3) is 4.72. The van der Waals surface area contributed by atoms with Gasteiger partial charge < -0.3 is 20.7 Å². The molecule has 1 atom stereocenters. The van der Waals surface area contributed by atoms with E-state index in [9.17, 15) is 19.6 Å². The second kappa shape index (κ2) is 7.55. The van der Waals surface area contributed by atoms with E-state index in [1.165, 1.54) is 0 Å². The molecule has 130 valence electrons. The lowest BCUT2D eigenvalue weighted by Crippen LogP contribution is -2.55. The van der Waals surface area contributed by atoms with E-state index in [4.69, 9.17) is 11.6 Å². The van der Waals surface area contributed by atoms with Crippen LogP contribution in [0.15, 0.2) is 24.3 Å². The molecule has 0 unspecified atom stereocenters. The van der Waals surface area contributed by atoms with E-state index in [2.05, 4.69) is 10.6 Å². The highest BCUT2D eigenvalue weighted by atomic mass is 35.5. The molecule has 0 heterocycles. The van der Waals surface area contributed by atoms with E-state index < -0.39 is 18.6 Å². The summed E-state index contributed by atoms with van der Waals surface area (Å²) in [6.07, 6.45) is 1.48. The van der Waals surface area contributed by atoms with Crippen molar-refractivity contribution < 1.29 is 19.6 Å². The number of carbonyl (C=O) groups is 2. The van der Waals surface area contributed by atoms with Crippen LogP contribution in [0.3, 0.4) is 0 Å². The number of hydrogen-bond acceptors (Lipinski definition) is 4. The maximum absolute atomic E-state index is 12.5. The fourth-order valence-electron chi connectivity index (χ4n) is 2.49. The zero-order valence-electron chi connectivity index (χ0n) is 13.8. The van der Waals surface area contributed by atoms with Crippen LogP contribution in [0.25, 0.3) is 0 Å². The summed E-state index contributed by atoms with van der Waals surface area (Å²) in [5.74, 6) is -1.31. The van der Waals surface area contributed by atoms with Gasteiger partial charge in [-0.1, -0.05) is 25.4 Å². The van der Waals surface area contributed by atoms with Crippen molar-refractivity contribution in [2.24, 2.45) is 5.92 Å². The normalized spacial score (nSPS) is 16.4. The van der Waals surface area contributed by atoms with Crippen LogP contribution in [0.1, 0.15) is 43.5 Å². The van der Waals surface area contributed by atoms with Crippen molar-refractivity contribution in [3.05, 3.63) is 34.9 Å². The quantitative estimate of drug-likeness (QED) is 0.553. The Kier molecular flexibility index (Phi) is 5.90. The molecule has 6 nitrogen and oxygen atoms in total. The van der Waals surface area contributed by atoms with E-state index in [0.29, 0.717) is 29.8 Å². The first-order chi connectivity index (χ1) is 11.2. The van der Waals surface area contributed by atoms with Crippen LogP contribution >= 0.6 is 11.6 Å². The van der Waals surface area contributed by atoms with Crippen molar-refractivity contribution in [1.29, 1.82) is 0 Å². The van der Waals surface area contributed by atoms with Crippen molar-refractivity contribution in [2.75, 3.05) is 0 Å². The molecule has 0 saturated heterocycles. The van der Waals surface area contributed by atoms with Crippen LogP contribution in [0, 0.1) is 5.92 Å². The molecule has 8 heteroatoms. The fourth-order valence-corrected chi connectivity index (χ4v) is 2.62. The molecule has 1 aliphatic rings. The molecule has 1 aliphatic carbocycles. The molecule has 2 rings (SSSR count). The minimum atomic E-state index is -1.64. The Morgan fingerprint density at radius 2 is 1.83 bits per heavy atom. The number of hydrogen-bond donors (Lipinski definition) is 4. The molecule has 24 heavy (non-hydrogen) atoms. The standard InChI is InChI=1S/C16H22BClN2O4/c1-10(2)9-13(17(23)24)19-15(22)16(7-8-16)20-14(21)11-3-5-12(18)6-4-11/h3-6,10,13,23-24H,7-9H2,1-2H3,(H,19,22)(H,20,21)/t13-/m0/s1. The highest BCUT2D eigenvalue weighted by Gasteiger charge is 2.52. The summed E-state index contributed by atoms with van der Waals surface area (Å²) >= 11 is 5.80. The topological polar surface area (TPSA) is 98.7 Å². The molecule has 0 aromatic heterocycles. The molecule has 0 aliphatic heterocycles. The second-order valence-electron chi connectivity index (χ2n) is 6.67. The van der Waals surface area contributed by atoms with Crippen LogP contribution in [0.4, 0.5) is 0 Å². The van der Waals surface area contributed by atoms with Crippen LogP contribution in [0.5, 0.6) is 0 Å². The third-order valence-corrected chi connectivity index (χ3v) is 4.30. The fraction of sp³-hybridized carbons (Fsp3) is 0.500. The number of benzene rings is 1. The summed E-state index contributed by atoms with van der Waals surface area (Å²) in [6.45, 7) is 3.85. The van der Waals surface area contributed by atoms with Crippen molar-refractivity contribution in [1.82, 2.24) is 10.6 Å². The Bertz CT molecular complexity index is 603. The van der Waals surface area contributed by atoms with E-state index in [1.807, 2.05) is 13.8 Å². The SMILES string of the molecule is CC(C)C[C@H](NC(=O)C1(NC(=O)c2ccc(Cl)cc2)CC1)B(O)O. The van der Waals surface area contributed by atoms with E-state index in [1.54, 1.807) is 24.3 Å². The van der Waals surface area contributed by atoms with Crippen molar-refractivity contribution in [3.8, 4) is 0 Å². The average Bonchev–Trinajstić information content (AvgIpc) is 3.27. The van der Waals surface area contributed by atoms with Crippen molar-refractivity contribution >= 4 is 30.5 Å². The van der Waals surface area contributed by atoms with Gasteiger partial charge in [-0.15, -0.1) is 0 Å². The molecule has 1 aromatic rings. The van der Waals surface area contributed by atoms with Crippen LogP contribution in [-0.4, -0.2) is 40.5 Å². The minimum absolute atomic E-state index is 0.191. The molecule has 0 spiro atoms. The summed E-state index contributed by atoms with van der Waals surface area (Å²) in [5.41, 5.74) is -0.555. The number of halogens is 1. The van der Waals surface area contributed by atoms with Gasteiger partial charge in [-0.25, -0.2) is 0 Å². The van der Waals surface area contributed by atoms with Crippen LogP contribution < -0.4 is 10.6 Å². The first-order valence-corrected chi connectivity index (χ1v) is 8.36. The molecular weight excluding hydrogens is 330 g/mol. The number of carbonyl (C=O) groups excluding carboxylic acids is 2. The molecule has 1 aromatic carbocycles. The third-order valence-electron chi connectivity index (χ3n) is 4.05. The maximum atomic E-state index is 12.5. The highest BCUT2D eigenvalue weighted by Crippen LogP contribution is 2.36. The number of nitrogens with one attached hydrogen (secondary N) is 2. The predicted molar refractivity (Wildman–Crippen MR) is 92.5 cm³/mol. The maximum Gasteiger partial charge on any atom is 0.475 e. The van der Waals surface area contributed by atoms with Crippen LogP contribution in [-0.2, 0) is 4.79 Å². The molecule has 1 saturated carbocycles. The second-order valence-corrected chi connectivity index (χ2v) is 7.10. The molecule has 0 bridgehead atoms. The van der Waals surface area contributed by atoms with Gasteiger partial charge in [-0.3, -0.25) is 9.59 Å². The van der Waals surface area contributed by atoms with Gasteiger partial charge in [0, 0.05) is 10.6 Å². The number of amides is 2. The zero-order chi connectivity index (χ0) is 17.9. The summed E-state index contributed by atoms with van der Waals surface area (Å²) in [7, 11) is -1.64. The Hall–Kier alpha value is -1.57. The molecule has 4 N–H and O–H groups in total. The van der Waals surface area contributed by atoms with Crippen molar-refractivity contribution in [2.45, 2.75) is 44.6 Å². The van der Waals surface area contributed by atoms with Crippen LogP contribution in [0.2, 0.25) is 5.02 Å². The van der Waals surface area contributed by atoms with Gasteiger partial charge in [0.15, 0.2) is 0 Å². The van der Waals surface area contributed by atoms with Gasteiger partial charge >= 0.3 is 7.12 Å². The van der Waals surface area contributed by atoms with E-state index >= 15 is 0 Å². The molecule has 2 amide bonds. The number of rotatable bonds is 7. The lowest BCUT2D eigenvalue weighted by molar-refractivity contribution is -0.124. The Balaban J connectivity index is 2.00. The summed E-state index contributed by atoms with van der Waals surface area (Å²) in [6, 6.07) is 6.39. The van der Waals surface area contributed by atoms with E-state index in [-0.39, 0.29) is 17.7 Å². The van der Waals surface area contributed by atoms with Gasteiger partial charge in [-0.05, 0) is 49.4 Å². The monoisotopic (exact) mass is 352 g/mol. The lowest BCUT2D eigenvalue weighted by Gasteiger charge is -2.24. The predicted octanol–water partition coefficient (Wildman–Crippen LogP) is 1.15. The minimum Gasteiger partial charge on any atom is -0.426 e. The van der Waals surface area contributed by atoms with Crippen molar-refractivity contribution in [3.63, 3.8) is 0 Å². The summed E-state index contributed by atoms with van der Waals surface area (Å²) < 4.78 is 0. The largest absolute Gasteiger partial charge is 0.475 e. The first kappa shape index (κ1) is 18.8. The summed E-state index contributed by atoms with van der Waals surface area (Å²) in [5, 5.41) is 24.8. The van der Waals surface area contributed by atoms with Gasteiger partial charge in [-0.2, -0.15) is 0 Å². The molecule has 0 radical (unpaired) electrons. The average molecular weight is 353 g/mol. The van der Waals surface area contributed by atoms with Gasteiger partial charge in [0.25, 0.3) is 5.91 Å².